The Kier molecular flexibility index (Phi) is 4.37. The minimum atomic E-state index is -0.875. The highest BCUT2D eigenvalue weighted by molar-refractivity contribution is 5.85. The number of nitrogens with zero attached hydrogens (tertiary/aromatic N) is 1. The fourth-order valence-electron chi connectivity index (χ4n) is 2.88. The molecule has 108 valence electrons. The zero-order valence-corrected chi connectivity index (χ0v) is 11.7. The van der Waals surface area contributed by atoms with Crippen molar-refractivity contribution < 1.29 is 14.7 Å². The normalized spacial score (nSPS) is 27.0. The first-order chi connectivity index (χ1) is 9.49. The van der Waals surface area contributed by atoms with Crippen LogP contribution in [0.1, 0.15) is 38.4 Å². The maximum atomic E-state index is 12.3. The third-order valence-corrected chi connectivity index (χ3v) is 3.94. The molecule has 1 aromatic heterocycles. The first-order valence-corrected chi connectivity index (χ1v) is 6.93. The molecule has 20 heavy (non-hydrogen) atoms. The minimum absolute atomic E-state index is 0.181. The number of aliphatic carboxylic acids is 1. The van der Waals surface area contributed by atoms with Gasteiger partial charge in [0.2, 0.25) is 5.91 Å². The second kappa shape index (κ2) is 6.03. The van der Waals surface area contributed by atoms with Crippen molar-refractivity contribution in [3.05, 3.63) is 30.1 Å². The number of nitrogens with one attached hydrogen (secondary N) is 1. The van der Waals surface area contributed by atoms with Gasteiger partial charge in [-0.15, -0.1) is 0 Å². The fraction of sp³-hybridized carbons (Fsp3) is 0.533. The van der Waals surface area contributed by atoms with Gasteiger partial charge in [-0.05, 0) is 37.8 Å². The Morgan fingerprint density at radius 1 is 1.35 bits per heavy atom. The van der Waals surface area contributed by atoms with E-state index >= 15 is 0 Å². The van der Waals surface area contributed by atoms with E-state index in [0.717, 1.165) is 5.69 Å². The lowest BCUT2D eigenvalue weighted by Gasteiger charge is -2.19. The Bertz CT molecular complexity index is 489. The van der Waals surface area contributed by atoms with Gasteiger partial charge in [-0.25, -0.2) is 0 Å². The first kappa shape index (κ1) is 14.5. The van der Waals surface area contributed by atoms with Gasteiger partial charge >= 0.3 is 5.97 Å². The monoisotopic (exact) mass is 276 g/mol. The highest BCUT2D eigenvalue weighted by Crippen LogP contribution is 2.36. The summed E-state index contributed by atoms with van der Waals surface area (Å²) in [4.78, 5) is 27.7. The summed E-state index contributed by atoms with van der Waals surface area (Å²) in [6.45, 7) is 3.85. The minimum Gasteiger partial charge on any atom is -0.481 e. The average molecular weight is 276 g/mol. The third-order valence-electron chi connectivity index (χ3n) is 3.94. The van der Waals surface area contributed by atoms with Crippen LogP contribution in [0.4, 0.5) is 0 Å². The van der Waals surface area contributed by atoms with Crippen molar-refractivity contribution in [3.63, 3.8) is 0 Å². The number of carboxylic acids is 1. The Labute approximate surface area is 118 Å². The highest BCUT2D eigenvalue weighted by atomic mass is 16.4. The van der Waals surface area contributed by atoms with Gasteiger partial charge in [0.15, 0.2) is 0 Å². The zero-order valence-electron chi connectivity index (χ0n) is 11.7. The van der Waals surface area contributed by atoms with Crippen LogP contribution in [0.3, 0.4) is 0 Å². The molecule has 0 saturated heterocycles. The summed E-state index contributed by atoms with van der Waals surface area (Å²) in [5.74, 6) is -1.79. The first-order valence-electron chi connectivity index (χ1n) is 6.93. The largest absolute Gasteiger partial charge is 0.481 e. The quantitative estimate of drug-likeness (QED) is 0.881. The van der Waals surface area contributed by atoms with Gasteiger partial charge in [0.05, 0.1) is 23.6 Å². The number of carbonyl (C=O) groups is 2. The Morgan fingerprint density at radius 3 is 2.65 bits per heavy atom. The molecule has 4 unspecified atom stereocenters. The van der Waals surface area contributed by atoms with Crippen LogP contribution in [-0.2, 0) is 9.59 Å². The van der Waals surface area contributed by atoms with Crippen LogP contribution in [0, 0.1) is 17.8 Å². The molecular weight excluding hydrogens is 256 g/mol. The average Bonchev–Trinajstić information content (AvgIpc) is 2.82. The molecule has 2 N–H and O–H groups in total. The molecule has 4 atom stereocenters. The van der Waals surface area contributed by atoms with E-state index in [0.29, 0.717) is 12.8 Å². The van der Waals surface area contributed by atoms with Gasteiger partial charge in [-0.3, -0.25) is 14.6 Å². The third kappa shape index (κ3) is 3.15. The van der Waals surface area contributed by atoms with Gasteiger partial charge in [-0.1, -0.05) is 13.0 Å². The van der Waals surface area contributed by atoms with Crippen molar-refractivity contribution in [3.8, 4) is 0 Å². The zero-order chi connectivity index (χ0) is 14.7. The maximum Gasteiger partial charge on any atom is 0.307 e. The van der Waals surface area contributed by atoms with Gasteiger partial charge in [0, 0.05) is 6.20 Å². The molecule has 1 aliphatic rings. The number of carbonyl (C=O) groups excluding carboxylic acids is 1. The second-order valence-electron chi connectivity index (χ2n) is 5.61. The molecule has 0 spiro atoms. The van der Waals surface area contributed by atoms with Crippen LogP contribution < -0.4 is 5.32 Å². The summed E-state index contributed by atoms with van der Waals surface area (Å²) < 4.78 is 0. The van der Waals surface area contributed by atoms with Gasteiger partial charge in [0.25, 0.3) is 0 Å². The van der Waals surface area contributed by atoms with Gasteiger partial charge in [0.1, 0.15) is 0 Å². The summed E-state index contributed by atoms with van der Waals surface area (Å²) in [5, 5.41) is 12.1. The molecule has 2 rings (SSSR count). The Morgan fingerprint density at radius 2 is 2.05 bits per heavy atom. The van der Waals surface area contributed by atoms with E-state index in [-0.39, 0.29) is 17.9 Å². The second-order valence-corrected chi connectivity index (χ2v) is 5.61. The predicted octanol–water partition coefficient (Wildman–Crippen LogP) is 2.01. The number of hydrogen-bond acceptors (Lipinski definition) is 3. The molecule has 0 radical (unpaired) electrons. The number of amides is 1. The van der Waals surface area contributed by atoms with E-state index in [1.165, 1.54) is 0 Å². The fourth-order valence-corrected chi connectivity index (χ4v) is 2.88. The molecule has 0 bridgehead atoms. The van der Waals surface area contributed by atoms with E-state index in [4.69, 9.17) is 0 Å². The van der Waals surface area contributed by atoms with Crippen LogP contribution >= 0.6 is 0 Å². The molecule has 5 heteroatoms. The predicted molar refractivity (Wildman–Crippen MR) is 73.8 cm³/mol. The molecule has 1 aromatic rings. The Balaban J connectivity index is 2.02. The van der Waals surface area contributed by atoms with Crippen LogP contribution in [0.5, 0.6) is 0 Å². The van der Waals surface area contributed by atoms with Gasteiger partial charge < -0.3 is 10.4 Å². The number of rotatable bonds is 4. The van der Waals surface area contributed by atoms with E-state index in [1.54, 1.807) is 6.20 Å². The topological polar surface area (TPSA) is 79.3 Å². The van der Waals surface area contributed by atoms with Crippen molar-refractivity contribution in [2.45, 2.75) is 32.7 Å². The van der Waals surface area contributed by atoms with Crippen molar-refractivity contribution in [1.29, 1.82) is 0 Å². The number of pyridine rings is 1. The van der Waals surface area contributed by atoms with E-state index in [9.17, 15) is 14.7 Å². The lowest BCUT2D eigenvalue weighted by atomic mass is 9.95. The van der Waals surface area contributed by atoms with Crippen molar-refractivity contribution >= 4 is 11.9 Å². The van der Waals surface area contributed by atoms with Crippen LogP contribution in [0.25, 0.3) is 0 Å². The van der Waals surface area contributed by atoms with Crippen molar-refractivity contribution in [2.24, 2.45) is 17.8 Å². The molecular formula is C15H20N2O3. The molecule has 0 aliphatic heterocycles. The number of aromatic nitrogens is 1. The van der Waals surface area contributed by atoms with Crippen LogP contribution in [0.2, 0.25) is 0 Å². The highest BCUT2D eigenvalue weighted by Gasteiger charge is 2.41. The van der Waals surface area contributed by atoms with Crippen molar-refractivity contribution in [1.82, 2.24) is 10.3 Å². The summed E-state index contributed by atoms with van der Waals surface area (Å²) in [6, 6.07) is 5.31. The van der Waals surface area contributed by atoms with E-state index in [1.807, 2.05) is 32.0 Å². The maximum absolute atomic E-state index is 12.3. The van der Waals surface area contributed by atoms with E-state index in [2.05, 4.69) is 10.3 Å². The summed E-state index contributed by atoms with van der Waals surface area (Å²) in [6.07, 6.45) is 2.89. The molecule has 1 fully saturated rings. The SMILES string of the molecule is CC1CC(C(=O)O)C(C(=O)NC(C)c2ccccn2)C1. The molecule has 1 aliphatic carbocycles. The molecule has 0 aromatic carbocycles. The summed E-state index contributed by atoms with van der Waals surface area (Å²) >= 11 is 0. The van der Waals surface area contributed by atoms with E-state index < -0.39 is 17.8 Å². The number of hydrogen-bond donors (Lipinski definition) is 2. The number of carboxylic acid groups (broad SMARTS) is 1. The summed E-state index contributed by atoms with van der Waals surface area (Å²) in [5.41, 5.74) is 0.777. The van der Waals surface area contributed by atoms with Gasteiger partial charge in [-0.2, -0.15) is 0 Å². The molecule has 1 amide bonds. The standard InChI is InChI=1S/C15H20N2O3/c1-9-7-11(12(8-9)15(19)20)14(18)17-10(2)13-5-3-4-6-16-13/h3-6,9-12H,7-8H2,1-2H3,(H,17,18)(H,19,20). The molecule has 5 nitrogen and oxygen atoms in total. The van der Waals surface area contributed by atoms with Crippen LogP contribution in [0.15, 0.2) is 24.4 Å². The lowest BCUT2D eigenvalue weighted by molar-refractivity contribution is -0.146. The Hall–Kier alpha value is -1.91. The summed E-state index contributed by atoms with van der Waals surface area (Å²) in [7, 11) is 0. The van der Waals surface area contributed by atoms with Crippen LogP contribution in [-0.4, -0.2) is 22.0 Å². The smallest absolute Gasteiger partial charge is 0.307 e. The van der Waals surface area contributed by atoms with Crippen molar-refractivity contribution in [2.75, 3.05) is 0 Å². The molecule has 1 heterocycles. The lowest BCUT2D eigenvalue weighted by Crippen LogP contribution is -2.36. The molecule has 1 saturated carbocycles.